The van der Waals surface area contributed by atoms with Gasteiger partial charge >= 0.3 is 5.97 Å². The van der Waals surface area contributed by atoms with Crippen molar-refractivity contribution in [1.29, 1.82) is 0 Å². The first-order valence-corrected chi connectivity index (χ1v) is 6.49. The van der Waals surface area contributed by atoms with Crippen molar-refractivity contribution < 1.29 is 15.0 Å². The fourth-order valence-corrected chi connectivity index (χ4v) is 2.32. The molecule has 0 saturated heterocycles. The molecule has 96 valence electrons. The summed E-state index contributed by atoms with van der Waals surface area (Å²) < 4.78 is 0. The van der Waals surface area contributed by atoms with E-state index in [1.54, 1.807) is 0 Å². The summed E-state index contributed by atoms with van der Waals surface area (Å²) in [6.45, 7) is 5.18. The van der Waals surface area contributed by atoms with E-state index in [4.69, 9.17) is 5.11 Å². The Kier molecular flexibility index (Phi) is 5.61. The highest BCUT2D eigenvalue weighted by Crippen LogP contribution is 2.16. The number of hydrogen-bond donors (Lipinski definition) is 3. The Balaban J connectivity index is 2.32. The molecule has 0 radical (unpaired) electrons. The molecule has 5 heteroatoms. The van der Waals surface area contributed by atoms with Crippen molar-refractivity contribution in [3.8, 4) is 0 Å². The predicted octanol–water partition coefficient (Wildman–Crippen LogP) is 1.48. The van der Waals surface area contributed by atoms with Crippen LogP contribution in [0.1, 0.15) is 23.6 Å². The van der Waals surface area contributed by atoms with Gasteiger partial charge in [0, 0.05) is 22.8 Å². The average Bonchev–Trinajstić information content (AvgIpc) is 2.64. The zero-order valence-corrected chi connectivity index (χ0v) is 11.0. The second-order valence-corrected chi connectivity index (χ2v) is 5.63. The SMILES string of the molecule is CC(C)C(O)CNCc1ccc(CC(=O)O)s1. The van der Waals surface area contributed by atoms with Crippen LogP contribution in [0.3, 0.4) is 0 Å². The first kappa shape index (κ1) is 14.2. The van der Waals surface area contributed by atoms with Crippen LogP contribution in [-0.2, 0) is 17.8 Å². The van der Waals surface area contributed by atoms with Gasteiger partial charge in [-0.05, 0) is 18.1 Å². The van der Waals surface area contributed by atoms with E-state index < -0.39 is 5.97 Å². The van der Waals surface area contributed by atoms with Crippen LogP contribution in [0, 0.1) is 5.92 Å². The molecule has 4 nitrogen and oxygen atoms in total. The van der Waals surface area contributed by atoms with Crippen molar-refractivity contribution in [1.82, 2.24) is 5.32 Å². The molecule has 3 N–H and O–H groups in total. The summed E-state index contributed by atoms with van der Waals surface area (Å²) >= 11 is 1.50. The van der Waals surface area contributed by atoms with Crippen LogP contribution in [0.4, 0.5) is 0 Å². The Bertz CT molecular complexity index is 362. The molecule has 0 amide bonds. The maximum absolute atomic E-state index is 10.5. The fraction of sp³-hybridized carbons (Fsp3) is 0.583. The van der Waals surface area contributed by atoms with Crippen LogP contribution >= 0.6 is 11.3 Å². The van der Waals surface area contributed by atoms with Gasteiger partial charge < -0.3 is 15.5 Å². The third-order valence-corrected chi connectivity index (χ3v) is 3.55. The zero-order valence-electron chi connectivity index (χ0n) is 10.1. The highest BCUT2D eigenvalue weighted by molar-refractivity contribution is 7.12. The van der Waals surface area contributed by atoms with Crippen molar-refractivity contribution in [3.63, 3.8) is 0 Å². The van der Waals surface area contributed by atoms with Gasteiger partial charge in [0.15, 0.2) is 0 Å². The number of carboxylic acids is 1. The van der Waals surface area contributed by atoms with Gasteiger partial charge in [-0.15, -0.1) is 11.3 Å². The van der Waals surface area contributed by atoms with E-state index in [2.05, 4.69) is 5.32 Å². The van der Waals surface area contributed by atoms with Crippen LogP contribution in [-0.4, -0.2) is 28.8 Å². The van der Waals surface area contributed by atoms with Crippen LogP contribution < -0.4 is 5.32 Å². The number of aliphatic hydroxyl groups excluding tert-OH is 1. The lowest BCUT2D eigenvalue weighted by atomic mass is 10.1. The van der Waals surface area contributed by atoms with Gasteiger partial charge in [0.2, 0.25) is 0 Å². The Hall–Kier alpha value is -0.910. The number of carboxylic acid groups (broad SMARTS) is 1. The number of aliphatic carboxylic acids is 1. The lowest BCUT2D eigenvalue weighted by Crippen LogP contribution is -2.29. The zero-order chi connectivity index (χ0) is 12.8. The smallest absolute Gasteiger partial charge is 0.308 e. The van der Waals surface area contributed by atoms with E-state index in [0.29, 0.717) is 13.1 Å². The third-order valence-electron chi connectivity index (χ3n) is 2.47. The van der Waals surface area contributed by atoms with Gasteiger partial charge in [0.05, 0.1) is 12.5 Å². The quantitative estimate of drug-likeness (QED) is 0.692. The van der Waals surface area contributed by atoms with Crippen molar-refractivity contribution in [2.75, 3.05) is 6.54 Å². The number of rotatable bonds is 7. The monoisotopic (exact) mass is 257 g/mol. The average molecular weight is 257 g/mol. The van der Waals surface area contributed by atoms with Crippen LogP contribution in [0.25, 0.3) is 0 Å². The molecule has 0 aliphatic rings. The number of aliphatic hydroxyl groups is 1. The molecular weight excluding hydrogens is 238 g/mol. The fourth-order valence-electron chi connectivity index (χ4n) is 1.34. The molecule has 1 aromatic heterocycles. The molecule has 0 aromatic carbocycles. The minimum absolute atomic E-state index is 0.0826. The largest absolute Gasteiger partial charge is 0.481 e. The Morgan fingerprint density at radius 1 is 1.41 bits per heavy atom. The topological polar surface area (TPSA) is 69.6 Å². The minimum atomic E-state index is -0.804. The minimum Gasteiger partial charge on any atom is -0.481 e. The number of hydrogen-bond acceptors (Lipinski definition) is 4. The first-order chi connectivity index (χ1) is 7.99. The highest BCUT2D eigenvalue weighted by atomic mass is 32.1. The second kappa shape index (κ2) is 6.74. The van der Waals surface area contributed by atoms with E-state index in [-0.39, 0.29) is 18.4 Å². The summed E-state index contributed by atoms with van der Waals surface area (Å²) in [5.74, 6) is -0.560. The van der Waals surface area contributed by atoms with Crippen molar-refractivity contribution in [2.45, 2.75) is 32.9 Å². The molecule has 0 aliphatic carbocycles. The van der Waals surface area contributed by atoms with E-state index in [0.717, 1.165) is 9.75 Å². The molecule has 0 aliphatic heterocycles. The second-order valence-electron chi connectivity index (χ2n) is 4.38. The lowest BCUT2D eigenvalue weighted by Gasteiger charge is -2.14. The first-order valence-electron chi connectivity index (χ1n) is 5.67. The van der Waals surface area contributed by atoms with Gasteiger partial charge in [0.25, 0.3) is 0 Å². The number of thiophene rings is 1. The number of carbonyl (C=O) groups is 1. The van der Waals surface area contributed by atoms with E-state index in [9.17, 15) is 9.90 Å². The molecule has 1 rings (SSSR count). The van der Waals surface area contributed by atoms with E-state index in [1.165, 1.54) is 11.3 Å². The standard InChI is InChI=1S/C12H19NO3S/c1-8(2)11(14)7-13-6-10-4-3-9(17-10)5-12(15)16/h3-4,8,11,13-14H,5-7H2,1-2H3,(H,15,16). The van der Waals surface area contributed by atoms with Crippen molar-refractivity contribution in [2.24, 2.45) is 5.92 Å². The predicted molar refractivity (Wildman–Crippen MR) is 68.2 cm³/mol. The lowest BCUT2D eigenvalue weighted by molar-refractivity contribution is -0.136. The molecule has 0 fully saturated rings. The maximum Gasteiger partial charge on any atom is 0.308 e. The summed E-state index contributed by atoms with van der Waals surface area (Å²) in [6, 6.07) is 3.77. The molecule has 1 unspecified atom stereocenters. The van der Waals surface area contributed by atoms with E-state index in [1.807, 2.05) is 26.0 Å². The van der Waals surface area contributed by atoms with Gasteiger partial charge in [-0.1, -0.05) is 13.8 Å². The van der Waals surface area contributed by atoms with Gasteiger partial charge in [-0.3, -0.25) is 4.79 Å². The van der Waals surface area contributed by atoms with Gasteiger partial charge in [-0.25, -0.2) is 0 Å². The Morgan fingerprint density at radius 2 is 2.06 bits per heavy atom. The molecule has 1 heterocycles. The van der Waals surface area contributed by atoms with Crippen LogP contribution in [0.15, 0.2) is 12.1 Å². The van der Waals surface area contributed by atoms with Crippen molar-refractivity contribution in [3.05, 3.63) is 21.9 Å². The Morgan fingerprint density at radius 3 is 2.65 bits per heavy atom. The molecule has 0 spiro atoms. The van der Waals surface area contributed by atoms with Gasteiger partial charge in [-0.2, -0.15) is 0 Å². The maximum atomic E-state index is 10.5. The Labute approximate surface area is 105 Å². The summed E-state index contributed by atoms with van der Waals surface area (Å²) in [5.41, 5.74) is 0. The summed E-state index contributed by atoms with van der Waals surface area (Å²) in [6.07, 6.45) is -0.257. The molecule has 0 bridgehead atoms. The molecular formula is C12H19NO3S. The highest BCUT2D eigenvalue weighted by Gasteiger charge is 2.09. The molecule has 1 aromatic rings. The third kappa shape index (κ3) is 5.30. The number of nitrogens with one attached hydrogen (secondary N) is 1. The summed E-state index contributed by atoms with van der Waals surface area (Å²) in [5, 5.41) is 21.4. The van der Waals surface area contributed by atoms with Crippen LogP contribution in [0.5, 0.6) is 0 Å². The van der Waals surface area contributed by atoms with Gasteiger partial charge in [0.1, 0.15) is 0 Å². The molecule has 0 saturated carbocycles. The van der Waals surface area contributed by atoms with Crippen LogP contribution in [0.2, 0.25) is 0 Å². The molecule has 17 heavy (non-hydrogen) atoms. The summed E-state index contributed by atoms with van der Waals surface area (Å²) in [7, 11) is 0. The molecule has 1 atom stereocenters. The van der Waals surface area contributed by atoms with Crippen molar-refractivity contribution >= 4 is 17.3 Å². The summed E-state index contributed by atoms with van der Waals surface area (Å²) in [4.78, 5) is 12.5. The van der Waals surface area contributed by atoms with E-state index >= 15 is 0 Å². The normalized spacial score (nSPS) is 12.9.